The minimum atomic E-state index is -0.803. The lowest BCUT2D eigenvalue weighted by atomic mass is 10.1. The second-order valence-corrected chi connectivity index (χ2v) is 4.75. The summed E-state index contributed by atoms with van der Waals surface area (Å²) in [7, 11) is 0. The molecule has 0 bridgehead atoms. The van der Waals surface area contributed by atoms with E-state index in [9.17, 15) is 19.3 Å². The van der Waals surface area contributed by atoms with Gasteiger partial charge < -0.3 is 5.32 Å². The van der Waals surface area contributed by atoms with Crippen molar-refractivity contribution in [2.75, 3.05) is 5.32 Å². The molecular formula is C15H13FN2O3. The van der Waals surface area contributed by atoms with Gasteiger partial charge in [-0.05, 0) is 43.2 Å². The Labute approximate surface area is 120 Å². The molecule has 2 aromatic carbocycles. The summed E-state index contributed by atoms with van der Waals surface area (Å²) in [5.41, 5.74) is 1.73. The van der Waals surface area contributed by atoms with E-state index < -0.39 is 16.6 Å². The van der Waals surface area contributed by atoms with Crippen LogP contribution >= 0.6 is 0 Å². The number of nitro groups is 1. The Balaban J connectivity index is 2.31. The van der Waals surface area contributed by atoms with Crippen LogP contribution in [-0.4, -0.2) is 10.8 Å². The monoisotopic (exact) mass is 288 g/mol. The van der Waals surface area contributed by atoms with E-state index in [1.807, 2.05) is 19.9 Å². The summed E-state index contributed by atoms with van der Waals surface area (Å²) in [6, 6.07) is 8.26. The van der Waals surface area contributed by atoms with Gasteiger partial charge in [-0.2, -0.15) is 0 Å². The van der Waals surface area contributed by atoms with Crippen molar-refractivity contribution >= 4 is 17.3 Å². The Bertz CT molecular complexity index is 709. The topological polar surface area (TPSA) is 72.2 Å². The summed E-state index contributed by atoms with van der Waals surface area (Å²) in [4.78, 5) is 22.1. The number of aryl methyl sites for hydroxylation is 2. The predicted octanol–water partition coefficient (Wildman–Crippen LogP) is 3.60. The number of amides is 1. The second-order valence-electron chi connectivity index (χ2n) is 4.75. The fourth-order valence-corrected chi connectivity index (χ4v) is 2.05. The fraction of sp³-hybridized carbons (Fsp3) is 0.133. The van der Waals surface area contributed by atoms with Crippen molar-refractivity contribution in [1.82, 2.24) is 0 Å². The zero-order chi connectivity index (χ0) is 15.6. The normalized spacial score (nSPS) is 10.2. The number of nitrogens with zero attached hydrogens (tertiary/aromatic N) is 1. The maximum Gasteiger partial charge on any atom is 0.270 e. The zero-order valence-electron chi connectivity index (χ0n) is 11.5. The van der Waals surface area contributed by atoms with Gasteiger partial charge in [0, 0.05) is 17.8 Å². The Hall–Kier alpha value is -2.76. The highest BCUT2D eigenvalue weighted by atomic mass is 19.1. The summed E-state index contributed by atoms with van der Waals surface area (Å²) >= 11 is 0. The maximum atomic E-state index is 13.7. The third kappa shape index (κ3) is 3.42. The zero-order valence-corrected chi connectivity index (χ0v) is 11.5. The lowest BCUT2D eigenvalue weighted by Crippen LogP contribution is -2.14. The molecule has 0 saturated heterocycles. The van der Waals surface area contributed by atoms with E-state index in [0.717, 1.165) is 29.3 Å². The van der Waals surface area contributed by atoms with Crippen LogP contribution in [0.5, 0.6) is 0 Å². The van der Waals surface area contributed by atoms with Crippen molar-refractivity contribution in [1.29, 1.82) is 0 Å². The van der Waals surface area contributed by atoms with Gasteiger partial charge in [0.25, 0.3) is 11.6 Å². The van der Waals surface area contributed by atoms with Crippen LogP contribution in [0.4, 0.5) is 15.8 Å². The average molecular weight is 288 g/mol. The molecule has 0 heterocycles. The smallest absolute Gasteiger partial charge is 0.270 e. The minimum absolute atomic E-state index is 0.332. The Morgan fingerprint density at radius 3 is 2.33 bits per heavy atom. The molecule has 21 heavy (non-hydrogen) atoms. The standard InChI is InChI=1S/C15H13FN2O3/c1-9-5-10(2)7-11(6-9)17-15(19)13-8-12(18(20)21)3-4-14(13)16/h3-8H,1-2H3,(H,17,19). The van der Waals surface area contributed by atoms with E-state index in [2.05, 4.69) is 5.32 Å². The van der Waals surface area contributed by atoms with Crippen LogP contribution in [-0.2, 0) is 0 Å². The number of carbonyl (C=O) groups is 1. The molecule has 108 valence electrons. The van der Waals surface area contributed by atoms with Crippen LogP contribution in [0.2, 0.25) is 0 Å². The maximum absolute atomic E-state index is 13.7. The van der Waals surface area contributed by atoms with Gasteiger partial charge in [0.1, 0.15) is 5.82 Å². The molecule has 0 unspecified atom stereocenters. The molecule has 2 aromatic rings. The molecule has 0 aliphatic carbocycles. The molecule has 0 aliphatic heterocycles. The van der Waals surface area contributed by atoms with Crippen molar-refractivity contribution < 1.29 is 14.1 Å². The molecule has 6 heteroatoms. The third-order valence-electron chi connectivity index (χ3n) is 2.88. The molecule has 0 spiro atoms. The van der Waals surface area contributed by atoms with Gasteiger partial charge in [-0.25, -0.2) is 4.39 Å². The first kappa shape index (κ1) is 14.6. The van der Waals surface area contributed by atoms with Gasteiger partial charge in [0.15, 0.2) is 0 Å². The number of carbonyl (C=O) groups excluding carboxylic acids is 1. The molecule has 0 atom stereocenters. The number of nitro benzene ring substituents is 1. The highest BCUT2D eigenvalue weighted by Gasteiger charge is 2.17. The van der Waals surface area contributed by atoms with E-state index in [1.54, 1.807) is 12.1 Å². The van der Waals surface area contributed by atoms with E-state index in [-0.39, 0.29) is 11.3 Å². The fourth-order valence-electron chi connectivity index (χ4n) is 2.05. The van der Waals surface area contributed by atoms with Gasteiger partial charge >= 0.3 is 0 Å². The first-order valence-corrected chi connectivity index (χ1v) is 6.20. The molecule has 0 aliphatic rings. The minimum Gasteiger partial charge on any atom is -0.322 e. The van der Waals surface area contributed by atoms with Gasteiger partial charge in [-0.1, -0.05) is 6.07 Å². The summed E-state index contributed by atoms with van der Waals surface area (Å²) in [5, 5.41) is 13.2. The Kier molecular flexibility index (Phi) is 3.98. The van der Waals surface area contributed by atoms with Crippen LogP contribution < -0.4 is 5.32 Å². The number of benzene rings is 2. The van der Waals surface area contributed by atoms with E-state index in [0.29, 0.717) is 5.69 Å². The molecule has 0 saturated carbocycles. The Morgan fingerprint density at radius 2 is 1.76 bits per heavy atom. The van der Waals surface area contributed by atoms with Crippen LogP contribution in [0.25, 0.3) is 0 Å². The lowest BCUT2D eigenvalue weighted by Gasteiger charge is -2.08. The van der Waals surface area contributed by atoms with Crippen molar-refractivity contribution in [3.8, 4) is 0 Å². The van der Waals surface area contributed by atoms with Crippen LogP contribution in [0.3, 0.4) is 0 Å². The van der Waals surface area contributed by atoms with Crippen LogP contribution in [0, 0.1) is 29.8 Å². The van der Waals surface area contributed by atoms with Gasteiger partial charge in [0.05, 0.1) is 10.5 Å². The molecule has 0 radical (unpaired) electrons. The number of nitrogens with one attached hydrogen (secondary N) is 1. The van der Waals surface area contributed by atoms with Crippen molar-refractivity contribution in [2.45, 2.75) is 13.8 Å². The van der Waals surface area contributed by atoms with Crippen LogP contribution in [0.15, 0.2) is 36.4 Å². The lowest BCUT2D eigenvalue weighted by molar-refractivity contribution is -0.384. The molecule has 1 amide bonds. The van der Waals surface area contributed by atoms with Crippen molar-refractivity contribution in [2.24, 2.45) is 0 Å². The highest BCUT2D eigenvalue weighted by Crippen LogP contribution is 2.19. The molecule has 5 nitrogen and oxygen atoms in total. The van der Waals surface area contributed by atoms with E-state index in [1.165, 1.54) is 0 Å². The number of hydrogen-bond acceptors (Lipinski definition) is 3. The first-order valence-electron chi connectivity index (χ1n) is 6.20. The predicted molar refractivity (Wildman–Crippen MR) is 76.9 cm³/mol. The number of halogens is 1. The summed E-state index contributed by atoms with van der Waals surface area (Å²) in [6.45, 7) is 3.74. The number of anilines is 1. The molecule has 0 fully saturated rings. The Morgan fingerprint density at radius 1 is 1.14 bits per heavy atom. The largest absolute Gasteiger partial charge is 0.322 e. The van der Waals surface area contributed by atoms with Crippen LogP contribution in [0.1, 0.15) is 21.5 Å². The van der Waals surface area contributed by atoms with Gasteiger partial charge in [0.2, 0.25) is 0 Å². The van der Waals surface area contributed by atoms with Gasteiger partial charge in [-0.3, -0.25) is 14.9 Å². The number of rotatable bonds is 3. The molecular weight excluding hydrogens is 275 g/mol. The number of non-ortho nitro benzene ring substituents is 1. The molecule has 0 aromatic heterocycles. The quantitative estimate of drug-likeness (QED) is 0.692. The SMILES string of the molecule is Cc1cc(C)cc(NC(=O)c2cc([N+](=O)[O-])ccc2F)c1. The summed E-state index contributed by atoms with van der Waals surface area (Å²) in [6.07, 6.45) is 0. The van der Waals surface area contributed by atoms with E-state index in [4.69, 9.17) is 0 Å². The average Bonchev–Trinajstić information content (AvgIpc) is 2.37. The van der Waals surface area contributed by atoms with Gasteiger partial charge in [-0.15, -0.1) is 0 Å². The first-order chi connectivity index (χ1) is 9.86. The third-order valence-corrected chi connectivity index (χ3v) is 2.88. The summed E-state index contributed by atoms with van der Waals surface area (Å²) < 4.78 is 13.7. The molecule has 2 rings (SSSR count). The second kappa shape index (κ2) is 5.70. The highest BCUT2D eigenvalue weighted by molar-refractivity contribution is 6.04. The summed E-state index contributed by atoms with van der Waals surface area (Å²) in [5.74, 6) is -1.52. The molecule has 1 N–H and O–H groups in total. The number of hydrogen-bond donors (Lipinski definition) is 1. The van der Waals surface area contributed by atoms with E-state index >= 15 is 0 Å². The van der Waals surface area contributed by atoms with Crippen molar-refractivity contribution in [3.05, 3.63) is 69.0 Å². The van der Waals surface area contributed by atoms with Crippen molar-refractivity contribution in [3.63, 3.8) is 0 Å².